The summed E-state index contributed by atoms with van der Waals surface area (Å²) in [5.41, 5.74) is 4.75. The Hall–Kier alpha value is -2.31. The maximum Gasteiger partial charge on any atom is 0.268 e. The van der Waals surface area contributed by atoms with E-state index in [1.54, 1.807) is 0 Å². The van der Waals surface area contributed by atoms with E-state index in [2.05, 4.69) is 22.4 Å². The Labute approximate surface area is 122 Å². The Morgan fingerprint density at radius 3 is 2.71 bits per heavy atom. The second-order valence-electron chi connectivity index (χ2n) is 5.63. The summed E-state index contributed by atoms with van der Waals surface area (Å²) in [5, 5.41) is 14.9. The van der Waals surface area contributed by atoms with E-state index in [9.17, 15) is 9.59 Å². The lowest BCUT2D eigenvalue weighted by Gasteiger charge is -2.38. The molecule has 0 spiro atoms. The quantitative estimate of drug-likeness (QED) is 0.285. The Bertz CT molecular complexity index is 600. The van der Waals surface area contributed by atoms with E-state index in [4.69, 9.17) is 10.9 Å². The number of carbonyl (C=O) groups excluding carboxylic acids is 1. The standard InChI is InChI=1S/C14H20N4O3/c1-9-5-7-14(8-6-9,13(15)18-21)17-12(20)10-3-2-4-11(19)16-10/h2-4,9,21H,5-8H2,1H3,(H2,15,18)(H,16,19)(H,17,20). The number of nitrogens with two attached hydrogens (primary N) is 1. The molecule has 7 nitrogen and oxygen atoms in total. The van der Waals surface area contributed by atoms with Gasteiger partial charge in [0.15, 0.2) is 5.84 Å². The maximum absolute atomic E-state index is 12.3. The molecule has 0 aliphatic heterocycles. The van der Waals surface area contributed by atoms with Crippen LogP contribution >= 0.6 is 0 Å². The van der Waals surface area contributed by atoms with Gasteiger partial charge in [-0.05, 0) is 37.7 Å². The largest absolute Gasteiger partial charge is 0.409 e. The van der Waals surface area contributed by atoms with E-state index in [-0.39, 0.29) is 17.1 Å². The lowest BCUT2D eigenvalue weighted by atomic mass is 9.76. The number of nitrogens with one attached hydrogen (secondary N) is 2. The highest BCUT2D eigenvalue weighted by molar-refractivity contribution is 5.99. The first kappa shape index (κ1) is 15.1. The second kappa shape index (κ2) is 5.99. The average molecular weight is 292 g/mol. The molecule has 1 aromatic rings. The fraction of sp³-hybridized carbons (Fsp3) is 0.500. The summed E-state index contributed by atoms with van der Waals surface area (Å²) in [4.78, 5) is 26.0. The summed E-state index contributed by atoms with van der Waals surface area (Å²) in [5.74, 6) is 0.105. The van der Waals surface area contributed by atoms with Crippen LogP contribution in [0.25, 0.3) is 0 Å². The van der Waals surface area contributed by atoms with E-state index >= 15 is 0 Å². The minimum atomic E-state index is -0.856. The van der Waals surface area contributed by atoms with Crippen molar-refractivity contribution in [2.45, 2.75) is 38.1 Å². The summed E-state index contributed by atoms with van der Waals surface area (Å²) in [6, 6.07) is 4.35. The molecule has 0 atom stereocenters. The fourth-order valence-corrected chi connectivity index (χ4v) is 2.66. The van der Waals surface area contributed by atoms with Gasteiger partial charge in [0.2, 0.25) is 5.56 Å². The molecule has 1 heterocycles. The third-order valence-corrected chi connectivity index (χ3v) is 4.09. The number of amides is 1. The molecule has 1 aliphatic carbocycles. The van der Waals surface area contributed by atoms with Gasteiger partial charge in [0, 0.05) is 6.07 Å². The molecule has 7 heteroatoms. The molecule has 5 N–H and O–H groups in total. The Morgan fingerprint density at radius 2 is 2.14 bits per heavy atom. The van der Waals surface area contributed by atoms with Crippen molar-refractivity contribution in [1.29, 1.82) is 0 Å². The van der Waals surface area contributed by atoms with E-state index in [1.807, 2.05) is 0 Å². The highest BCUT2D eigenvalue weighted by Crippen LogP contribution is 2.32. The second-order valence-corrected chi connectivity index (χ2v) is 5.63. The highest BCUT2D eigenvalue weighted by Gasteiger charge is 2.40. The molecule has 2 rings (SSSR count). The Morgan fingerprint density at radius 1 is 1.48 bits per heavy atom. The molecule has 21 heavy (non-hydrogen) atoms. The van der Waals surface area contributed by atoms with Crippen LogP contribution in [-0.4, -0.2) is 27.5 Å². The van der Waals surface area contributed by atoms with Crippen LogP contribution in [-0.2, 0) is 0 Å². The first-order chi connectivity index (χ1) is 9.97. The lowest BCUT2D eigenvalue weighted by molar-refractivity contribution is 0.0892. The van der Waals surface area contributed by atoms with Crippen molar-refractivity contribution >= 4 is 11.7 Å². The van der Waals surface area contributed by atoms with E-state index in [1.165, 1.54) is 18.2 Å². The Kier molecular flexibility index (Phi) is 4.30. The molecule has 0 unspecified atom stereocenters. The minimum absolute atomic E-state index is 0.000952. The number of aromatic amines is 1. The number of H-pyrrole nitrogens is 1. The van der Waals surface area contributed by atoms with E-state index < -0.39 is 11.4 Å². The highest BCUT2D eigenvalue weighted by atomic mass is 16.4. The number of rotatable bonds is 3. The first-order valence-corrected chi connectivity index (χ1v) is 6.97. The van der Waals surface area contributed by atoms with Gasteiger partial charge in [-0.2, -0.15) is 0 Å². The molecule has 1 amide bonds. The molecular formula is C14H20N4O3. The molecule has 0 radical (unpaired) electrons. The monoisotopic (exact) mass is 292 g/mol. The van der Waals surface area contributed by atoms with Crippen molar-refractivity contribution in [1.82, 2.24) is 10.3 Å². The molecule has 1 fully saturated rings. The number of oxime groups is 1. The molecular weight excluding hydrogens is 272 g/mol. The number of nitrogens with zero attached hydrogens (tertiary/aromatic N) is 1. The zero-order chi connectivity index (χ0) is 15.5. The number of carbonyl (C=O) groups is 1. The zero-order valence-corrected chi connectivity index (χ0v) is 11.9. The van der Waals surface area contributed by atoms with Crippen LogP contribution < -0.4 is 16.6 Å². The van der Waals surface area contributed by atoms with Crippen molar-refractivity contribution in [3.63, 3.8) is 0 Å². The van der Waals surface area contributed by atoms with Gasteiger partial charge in [0.05, 0.1) is 0 Å². The minimum Gasteiger partial charge on any atom is -0.409 e. The molecule has 1 aromatic heterocycles. The van der Waals surface area contributed by atoms with Crippen molar-refractivity contribution < 1.29 is 10.0 Å². The number of aromatic nitrogens is 1. The first-order valence-electron chi connectivity index (χ1n) is 6.97. The Balaban J connectivity index is 2.23. The van der Waals surface area contributed by atoms with Crippen LogP contribution in [0.2, 0.25) is 0 Å². The predicted octanol–water partition coefficient (Wildman–Crippen LogP) is 0.800. The van der Waals surface area contributed by atoms with Crippen molar-refractivity contribution in [2.24, 2.45) is 16.8 Å². The summed E-state index contributed by atoms with van der Waals surface area (Å²) in [6.45, 7) is 2.13. The van der Waals surface area contributed by atoms with Gasteiger partial charge in [0.1, 0.15) is 11.2 Å². The van der Waals surface area contributed by atoms with Gasteiger partial charge in [-0.3, -0.25) is 9.59 Å². The number of hydrogen-bond donors (Lipinski definition) is 4. The third kappa shape index (κ3) is 3.24. The summed E-state index contributed by atoms with van der Waals surface area (Å²) >= 11 is 0. The molecule has 114 valence electrons. The van der Waals surface area contributed by atoms with Gasteiger partial charge < -0.3 is 21.2 Å². The average Bonchev–Trinajstić information content (AvgIpc) is 2.49. The van der Waals surface area contributed by atoms with Crippen LogP contribution in [0, 0.1) is 5.92 Å². The molecule has 1 aliphatic rings. The molecule has 0 saturated heterocycles. The van der Waals surface area contributed by atoms with Gasteiger partial charge >= 0.3 is 0 Å². The number of amidine groups is 1. The normalized spacial score (nSPS) is 26.3. The van der Waals surface area contributed by atoms with Crippen molar-refractivity contribution in [3.8, 4) is 0 Å². The van der Waals surface area contributed by atoms with Gasteiger partial charge in [-0.25, -0.2) is 0 Å². The van der Waals surface area contributed by atoms with Crippen LogP contribution in [0.3, 0.4) is 0 Å². The number of hydrogen-bond acceptors (Lipinski definition) is 4. The molecule has 0 aromatic carbocycles. The SMILES string of the molecule is CC1CCC(NC(=O)c2cccc(=O)[nH]2)(/C(N)=N/O)CC1. The topological polar surface area (TPSA) is 121 Å². The summed E-state index contributed by atoms with van der Waals surface area (Å²) in [6.07, 6.45) is 2.96. The summed E-state index contributed by atoms with van der Waals surface area (Å²) in [7, 11) is 0. The van der Waals surface area contributed by atoms with Crippen molar-refractivity contribution in [2.75, 3.05) is 0 Å². The predicted molar refractivity (Wildman–Crippen MR) is 78.3 cm³/mol. The van der Waals surface area contributed by atoms with Gasteiger partial charge in [-0.15, -0.1) is 0 Å². The number of pyridine rings is 1. The van der Waals surface area contributed by atoms with E-state index in [0.717, 1.165) is 12.8 Å². The maximum atomic E-state index is 12.3. The van der Waals surface area contributed by atoms with Crippen LogP contribution in [0.5, 0.6) is 0 Å². The molecule has 1 saturated carbocycles. The smallest absolute Gasteiger partial charge is 0.268 e. The van der Waals surface area contributed by atoms with Crippen molar-refractivity contribution in [3.05, 3.63) is 34.2 Å². The van der Waals surface area contributed by atoms with Gasteiger partial charge in [0.25, 0.3) is 5.91 Å². The lowest BCUT2D eigenvalue weighted by Crippen LogP contribution is -2.59. The van der Waals surface area contributed by atoms with Gasteiger partial charge in [-0.1, -0.05) is 18.1 Å². The summed E-state index contributed by atoms with van der Waals surface area (Å²) < 4.78 is 0. The third-order valence-electron chi connectivity index (χ3n) is 4.09. The van der Waals surface area contributed by atoms with E-state index in [0.29, 0.717) is 18.8 Å². The van der Waals surface area contributed by atoms with Crippen LogP contribution in [0.15, 0.2) is 28.1 Å². The molecule has 0 bridgehead atoms. The zero-order valence-electron chi connectivity index (χ0n) is 11.9. The fourth-order valence-electron chi connectivity index (χ4n) is 2.66. The van der Waals surface area contributed by atoms with Crippen LogP contribution in [0.1, 0.15) is 43.1 Å². The van der Waals surface area contributed by atoms with Crippen LogP contribution in [0.4, 0.5) is 0 Å².